The van der Waals surface area contributed by atoms with Crippen molar-refractivity contribution in [2.75, 3.05) is 17.2 Å². The Morgan fingerprint density at radius 1 is 0.975 bits per heavy atom. The maximum atomic E-state index is 13.3. The van der Waals surface area contributed by atoms with Gasteiger partial charge in [-0.2, -0.15) is 0 Å². The van der Waals surface area contributed by atoms with Crippen LogP contribution in [0.1, 0.15) is 29.8 Å². The molecule has 0 aliphatic heterocycles. The number of carbonyl (C=O) groups excluding carboxylic acids is 3. The molecule has 1 heterocycles. The normalized spacial score (nSPS) is 11.8. The summed E-state index contributed by atoms with van der Waals surface area (Å²) in [5, 5.41) is 10.4. The summed E-state index contributed by atoms with van der Waals surface area (Å²) in [4.78, 5) is 43.5. The zero-order valence-corrected chi connectivity index (χ0v) is 23.6. The van der Waals surface area contributed by atoms with Crippen LogP contribution in [-0.2, 0) is 9.59 Å². The number of hydrogen-bond donors (Lipinski definition) is 3. The van der Waals surface area contributed by atoms with Crippen molar-refractivity contribution in [2.24, 2.45) is 0 Å². The zero-order valence-electron chi connectivity index (χ0n) is 21.9. The quantitative estimate of drug-likeness (QED) is 0.149. The van der Waals surface area contributed by atoms with Gasteiger partial charge >= 0.3 is 0 Å². The molecule has 204 valence electrons. The van der Waals surface area contributed by atoms with Crippen molar-refractivity contribution in [1.82, 2.24) is 10.3 Å². The van der Waals surface area contributed by atoms with Crippen LogP contribution in [0.2, 0.25) is 0 Å². The van der Waals surface area contributed by atoms with Crippen LogP contribution < -0.4 is 20.7 Å². The Labute approximate surface area is 240 Å². The van der Waals surface area contributed by atoms with Crippen LogP contribution in [0.4, 0.5) is 10.8 Å². The third-order valence-electron chi connectivity index (χ3n) is 5.49. The number of hydrogen-bond acceptors (Lipinski definition) is 7. The predicted molar refractivity (Wildman–Crippen MR) is 161 cm³/mol. The van der Waals surface area contributed by atoms with E-state index in [0.717, 1.165) is 10.5 Å². The molecule has 3 amide bonds. The van der Waals surface area contributed by atoms with Crippen molar-refractivity contribution in [1.29, 1.82) is 0 Å². The van der Waals surface area contributed by atoms with E-state index >= 15 is 0 Å². The predicted octanol–water partition coefficient (Wildman–Crippen LogP) is 6.07. The number of nitrogens with one attached hydrogen (secondary N) is 3. The molecule has 3 N–H and O–H groups in total. The highest BCUT2D eigenvalue weighted by Crippen LogP contribution is 2.26. The molecule has 0 aliphatic carbocycles. The van der Waals surface area contributed by atoms with Gasteiger partial charge in [0.25, 0.3) is 11.8 Å². The minimum Gasteiger partial charge on any atom is -0.494 e. The Morgan fingerprint density at radius 2 is 1.70 bits per heavy atom. The van der Waals surface area contributed by atoms with Crippen molar-refractivity contribution in [3.05, 3.63) is 107 Å². The van der Waals surface area contributed by atoms with Gasteiger partial charge in [0, 0.05) is 27.7 Å². The van der Waals surface area contributed by atoms with E-state index < -0.39 is 11.8 Å². The topological polar surface area (TPSA) is 109 Å². The second kappa shape index (κ2) is 14.1. The van der Waals surface area contributed by atoms with Crippen LogP contribution in [0.25, 0.3) is 6.08 Å². The molecular formula is C30H28N4O4S2. The zero-order chi connectivity index (χ0) is 28.3. The molecule has 0 fully saturated rings. The third-order valence-corrected chi connectivity index (χ3v) is 7.29. The van der Waals surface area contributed by atoms with Gasteiger partial charge < -0.3 is 20.7 Å². The molecule has 4 aromatic rings. The number of ether oxygens (including phenoxy) is 1. The molecule has 0 spiro atoms. The minimum atomic E-state index is -0.477. The summed E-state index contributed by atoms with van der Waals surface area (Å²) in [5.74, 6) is -0.304. The summed E-state index contributed by atoms with van der Waals surface area (Å²) in [6, 6.07) is 23.1. The van der Waals surface area contributed by atoms with Crippen LogP contribution in [0, 0.1) is 0 Å². The highest BCUT2D eigenvalue weighted by molar-refractivity contribution is 8.00. The maximum absolute atomic E-state index is 13.3. The maximum Gasteiger partial charge on any atom is 0.272 e. The standard InChI is InChI=1S/C30H28N4O4S2/c1-3-38-24-13-9-21(10-14-24)19-26(33-28(36)22-7-5-4-6-8-22)29(37)32-23-11-15-25(16-12-23)40-20(2)27(35)34-30-31-17-18-39-30/h4-20H,3H2,1-2H3,(H,32,37)(H,33,36)(H,31,34,35)/b26-19-. The molecule has 0 saturated carbocycles. The molecule has 4 rings (SSSR count). The Morgan fingerprint density at radius 3 is 2.35 bits per heavy atom. The van der Waals surface area contributed by atoms with Gasteiger partial charge in [-0.05, 0) is 74.0 Å². The number of aromatic nitrogens is 1. The van der Waals surface area contributed by atoms with Gasteiger partial charge in [-0.1, -0.05) is 30.3 Å². The summed E-state index contributed by atoms with van der Waals surface area (Å²) in [6.07, 6.45) is 3.25. The second-order valence-electron chi connectivity index (χ2n) is 8.45. The van der Waals surface area contributed by atoms with Crippen LogP contribution in [0.5, 0.6) is 5.75 Å². The second-order valence-corrected chi connectivity index (χ2v) is 10.8. The first-order chi connectivity index (χ1) is 19.4. The molecule has 1 aromatic heterocycles. The van der Waals surface area contributed by atoms with E-state index in [1.807, 2.05) is 44.2 Å². The van der Waals surface area contributed by atoms with E-state index in [-0.39, 0.29) is 16.9 Å². The van der Waals surface area contributed by atoms with Gasteiger partial charge in [-0.3, -0.25) is 14.4 Å². The lowest BCUT2D eigenvalue weighted by atomic mass is 10.1. The van der Waals surface area contributed by atoms with Gasteiger partial charge in [0.2, 0.25) is 5.91 Å². The van der Waals surface area contributed by atoms with E-state index in [0.29, 0.717) is 28.7 Å². The highest BCUT2D eigenvalue weighted by atomic mass is 32.2. The summed E-state index contributed by atoms with van der Waals surface area (Å²) < 4.78 is 5.49. The fourth-order valence-electron chi connectivity index (χ4n) is 3.50. The number of amides is 3. The number of rotatable bonds is 11. The molecule has 0 saturated heterocycles. The van der Waals surface area contributed by atoms with Crippen LogP contribution in [-0.4, -0.2) is 34.6 Å². The molecule has 0 radical (unpaired) electrons. The fourth-order valence-corrected chi connectivity index (χ4v) is 4.90. The largest absolute Gasteiger partial charge is 0.494 e. The molecule has 1 atom stereocenters. The van der Waals surface area contributed by atoms with E-state index in [4.69, 9.17) is 4.74 Å². The van der Waals surface area contributed by atoms with E-state index in [1.165, 1.54) is 23.1 Å². The van der Waals surface area contributed by atoms with Gasteiger partial charge in [0.1, 0.15) is 11.4 Å². The summed E-state index contributed by atoms with van der Waals surface area (Å²) in [5.41, 5.74) is 1.78. The lowest BCUT2D eigenvalue weighted by molar-refractivity contribution is -0.115. The highest BCUT2D eigenvalue weighted by Gasteiger charge is 2.17. The Balaban J connectivity index is 1.45. The molecule has 0 aliphatic rings. The first kappa shape index (κ1) is 28.6. The molecule has 40 heavy (non-hydrogen) atoms. The van der Waals surface area contributed by atoms with Crippen molar-refractivity contribution in [3.8, 4) is 5.75 Å². The first-order valence-electron chi connectivity index (χ1n) is 12.5. The summed E-state index contributed by atoms with van der Waals surface area (Å²) in [7, 11) is 0. The number of thioether (sulfide) groups is 1. The Kier molecular flexibility index (Phi) is 10.1. The lowest BCUT2D eigenvalue weighted by Gasteiger charge is -2.13. The third kappa shape index (κ3) is 8.29. The Hall–Kier alpha value is -4.41. The minimum absolute atomic E-state index is 0.0870. The monoisotopic (exact) mass is 572 g/mol. The Bertz CT molecular complexity index is 1460. The molecule has 10 heteroatoms. The van der Waals surface area contributed by atoms with Crippen LogP contribution in [0.15, 0.2) is 101 Å². The number of anilines is 2. The fraction of sp³-hybridized carbons (Fsp3) is 0.133. The van der Waals surface area contributed by atoms with Crippen LogP contribution in [0.3, 0.4) is 0 Å². The smallest absolute Gasteiger partial charge is 0.272 e. The molecular weight excluding hydrogens is 544 g/mol. The van der Waals surface area contributed by atoms with Crippen molar-refractivity contribution in [2.45, 2.75) is 24.0 Å². The molecule has 0 bridgehead atoms. The SMILES string of the molecule is CCOc1ccc(/C=C(\NC(=O)c2ccccc2)C(=O)Nc2ccc(SC(C)C(=O)Nc3nccs3)cc2)cc1. The number of nitrogens with zero attached hydrogens (tertiary/aromatic N) is 1. The average Bonchev–Trinajstić information content (AvgIpc) is 3.48. The van der Waals surface area contributed by atoms with Crippen molar-refractivity contribution >= 4 is 57.7 Å². The first-order valence-corrected chi connectivity index (χ1v) is 14.3. The van der Waals surface area contributed by atoms with Crippen LogP contribution >= 0.6 is 23.1 Å². The lowest BCUT2D eigenvalue weighted by Crippen LogP contribution is -2.30. The van der Waals surface area contributed by atoms with Gasteiger partial charge in [-0.15, -0.1) is 23.1 Å². The van der Waals surface area contributed by atoms with Crippen molar-refractivity contribution < 1.29 is 19.1 Å². The number of thiazole rings is 1. The molecule has 8 nitrogen and oxygen atoms in total. The van der Waals surface area contributed by atoms with E-state index in [2.05, 4.69) is 20.9 Å². The number of benzene rings is 3. The van der Waals surface area contributed by atoms with Crippen molar-refractivity contribution in [3.63, 3.8) is 0 Å². The molecule has 1 unspecified atom stereocenters. The van der Waals surface area contributed by atoms with E-state index in [1.54, 1.807) is 66.2 Å². The van der Waals surface area contributed by atoms with Gasteiger partial charge in [0.15, 0.2) is 5.13 Å². The molecule has 3 aromatic carbocycles. The average molecular weight is 573 g/mol. The van der Waals surface area contributed by atoms with Gasteiger partial charge in [0.05, 0.1) is 11.9 Å². The van der Waals surface area contributed by atoms with Gasteiger partial charge in [-0.25, -0.2) is 4.98 Å². The number of carbonyl (C=O) groups is 3. The summed E-state index contributed by atoms with van der Waals surface area (Å²) in [6.45, 7) is 4.27. The van der Waals surface area contributed by atoms with E-state index in [9.17, 15) is 14.4 Å². The summed E-state index contributed by atoms with van der Waals surface area (Å²) >= 11 is 2.75.